The van der Waals surface area contributed by atoms with Crippen LogP contribution in [0.25, 0.3) is 11.3 Å². The molecule has 0 saturated heterocycles. The lowest BCUT2D eigenvalue weighted by Crippen LogP contribution is -2.05. The van der Waals surface area contributed by atoms with Gasteiger partial charge in [-0.1, -0.05) is 6.07 Å². The Morgan fingerprint density at radius 3 is 2.80 bits per heavy atom. The van der Waals surface area contributed by atoms with Crippen molar-refractivity contribution >= 4 is 16.5 Å². The van der Waals surface area contributed by atoms with Gasteiger partial charge >= 0.3 is 0 Å². The third-order valence-corrected chi connectivity index (χ3v) is 2.63. The lowest BCUT2D eigenvalue weighted by Gasteiger charge is -1.99. The van der Waals surface area contributed by atoms with Crippen molar-refractivity contribution in [2.75, 3.05) is 5.43 Å². The van der Waals surface area contributed by atoms with E-state index in [-0.39, 0.29) is 5.56 Å². The van der Waals surface area contributed by atoms with Gasteiger partial charge in [0.25, 0.3) is 0 Å². The van der Waals surface area contributed by atoms with Crippen molar-refractivity contribution in [3.05, 3.63) is 35.2 Å². The number of nitrogens with zero attached hydrogens (tertiary/aromatic N) is 1. The van der Waals surface area contributed by atoms with Crippen molar-refractivity contribution < 1.29 is 8.78 Å². The molecule has 0 fully saturated rings. The summed E-state index contributed by atoms with van der Waals surface area (Å²) in [7, 11) is 0. The normalized spacial score (nSPS) is 10.3. The number of halogens is 2. The number of thiazole rings is 1. The average Bonchev–Trinajstić information content (AvgIpc) is 2.70. The van der Waals surface area contributed by atoms with E-state index in [9.17, 15) is 8.78 Å². The molecule has 3 nitrogen and oxygen atoms in total. The molecule has 2 rings (SSSR count). The fourth-order valence-corrected chi connectivity index (χ4v) is 1.79. The summed E-state index contributed by atoms with van der Waals surface area (Å²) in [5.41, 5.74) is 2.84. The Kier molecular flexibility index (Phi) is 2.61. The van der Waals surface area contributed by atoms with Gasteiger partial charge in [0.2, 0.25) is 0 Å². The van der Waals surface area contributed by atoms with Crippen LogP contribution >= 0.6 is 11.3 Å². The molecule has 15 heavy (non-hydrogen) atoms. The van der Waals surface area contributed by atoms with Gasteiger partial charge in [-0.15, -0.1) is 11.3 Å². The predicted molar refractivity (Wildman–Crippen MR) is 55.3 cm³/mol. The van der Waals surface area contributed by atoms with Gasteiger partial charge < -0.3 is 0 Å². The summed E-state index contributed by atoms with van der Waals surface area (Å²) in [5, 5.41) is 2.06. The minimum absolute atomic E-state index is 0.132. The molecule has 6 heteroatoms. The molecule has 0 atom stereocenters. The van der Waals surface area contributed by atoms with E-state index in [2.05, 4.69) is 10.4 Å². The Morgan fingerprint density at radius 1 is 1.33 bits per heavy atom. The number of nitrogen functional groups attached to an aromatic ring is 1. The molecule has 0 aliphatic heterocycles. The van der Waals surface area contributed by atoms with Crippen LogP contribution in [0.4, 0.5) is 13.9 Å². The van der Waals surface area contributed by atoms with E-state index in [1.54, 1.807) is 5.38 Å². The van der Waals surface area contributed by atoms with E-state index in [0.717, 1.165) is 6.07 Å². The van der Waals surface area contributed by atoms with Crippen LogP contribution in [0.2, 0.25) is 0 Å². The molecule has 3 N–H and O–H groups in total. The summed E-state index contributed by atoms with van der Waals surface area (Å²) >= 11 is 1.22. The third kappa shape index (κ3) is 1.81. The van der Waals surface area contributed by atoms with E-state index in [1.807, 2.05) is 0 Å². The first-order valence-electron chi connectivity index (χ1n) is 4.09. The third-order valence-electron chi connectivity index (χ3n) is 1.86. The maximum atomic E-state index is 13.3. The molecule has 0 amide bonds. The van der Waals surface area contributed by atoms with Gasteiger partial charge in [0.05, 0.1) is 5.69 Å². The van der Waals surface area contributed by atoms with Crippen LogP contribution in [0.3, 0.4) is 0 Å². The Bertz CT molecular complexity index is 484. The quantitative estimate of drug-likeness (QED) is 0.611. The zero-order valence-corrected chi connectivity index (χ0v) is 8.31. The lowest BCUT2D eigenvalue weighted by molar-refractivity contribution is 0.511. The smallest absolute Gasteiger partial charge is 0.197 e. The molecule has 0 aliphatic carbocycles. The Balaban J connectivity index is 2.49. The summed E-state index contributed by atoms with van der Waals surface area (Å²) in [6, 6.07) is 3.96. The molecule has 2 aromatic rings. The molecule has 1 heterocycles. The van der Waals surface area contributed by atoms with Crippen LogP contribution in [0.1, 0.15) is 0 Å². The van der Waals surface area contributed by atoms with Gasteiger partial charge in [0.1, 0.15) is 0 Å². The number of nitrogens with two attached hydrogens (primary N) is 1. The second kappa shape index (κ2) is 3.92. The van der Waals surface area contributed by atoms with Crippen LogP contribution in [0.15, 0.2) is 23.6 Å². The standard InChI is InChI=1S/C9H7F2N3S/c10-6-3-1-2-5(8(6)11)7-4-15-9(13-7)14-12/h1-4H,12H2,(H,13,14). The van der Waals surface area contributed by atoms with Crippen molar-refractivity contribution in [2.45, 2.75) is 0 Å². The van der Waals surface area contributed by atoms with Crippen molar-refractivity contribution in [2.24, 2.45) is 5.84 Å². The maximum absolute atomic E-state index is 13.3. The van der Waals surface area contributed by atoms with E-state index >= 15 is 0 Å². The number of anilines is 1. The first kappa shape index (κ1) is 10.0. The summed E-state index contributed by atoms with van der Waals surface area (Å²) < 4.78 is 26.3. The summed E-state index contributed by atoms with van der Waals surface area (Å²) in [6.07, 6.45) is 0. The summed E-state index contributed by atoms with van der Waals surface area (Å²) in [4.78, 5) is 3.98. The van der Waals surface area contributed by atoms with Gasteiger partial charge in [0, 0.05) is 10.9 Å². The SMILES string of the molecule is NNc1nc(-c2cccc(F)c2F)cs1. The zero-order valence-electron chi connectivity index (χ0n) is 7.50. The van der Waals surface area contributed by atoms with Crippen LogP contribution in [-0.4, -0.2) is 4.98 Å². The van der Waals surface area contributed by atoms with Gasteiger partial charge in [0.15, 0.2) is 16.8 Å². The van der Waals surface area contributed by atoms with Crippen molar-refractivity contribution in [1.82, 2.24) is 4.98 Å². The fourth-order valence-electron chi connectivity index (χ4n) is 1.17. The molecule has 0 unspecified atom stereocenters. The van der Waals surface area contributed by atoms with Crippen LogP contribution in [0, 0.1) is 11.6 Å². The van der Waals surface area contributed by atoms with Gasteiger partial charge in [-0.2, -0.15) is 0 Å². The van der Waals surface area contributed by atoms with E-state index in [4.69, 9.17) is 5.84 Å². The minimum atomic E-state index is -0.897. The van der Waals surface area contributed by atoms with Crippen molar-refractivity contribution in [1.29, 1.82) is 0 Å². The first-order chi connectivity index (χ1) is 7.22. The number of benzene rings is 1. The van der Waals surface area contributed by atoms with E-state index in [1.165, 1.54) is 23.5 Å². The number of hydrogen-bond acceptors (Lipinski definition) is 4. The molecule has 0 bridgehead atoms. The molecule has 0 radical (unpaired) electrons. The van der Waals surface area contributed by atoms with Crippen molar-refractivity contribution in [3.63, 3.8) is 0 Å². The molecule has 1 aromatic heterocycles. The minimum Gasteiger partial charge on any atom is -0.300 e. The molecular formula is C9H7F2N3S. The van der Waals surface area contributed by atoms with Gasteiger partial charge in [-0.3, -0.25) is 5.43 Å². The lowest BCUT2D eigenvalue weighted by atomic mass is 10.1. The molecular weight excluding hydrogens is 220 g/mol. The Morgan fingerprint density at radius 2 is 2.13 bits per heavy atom. The molecule has 0 spiro atoms. The first-order valence-corrected chi connectivity index (χ1v) is 4.97. The van der Waals surface area contributed by atoms with Crippen LogP contribution in [0.5, 0.6) is 0 Å². The van der Waals surface area contributed by atoms with Crippen LogP contribution < -0.4 is 11.3 Å². The highest BCUT2D eigenvalue weighted by Crippen LogP contribution is 2.27. The second-order valence-corrected chi connectivity index (χ2v) is 3.64. The highest BCUT2D eigenvalue weighted by molar-refractivity contribution is 7.14. The Hall–Kier alpha value is -1.53. The Labute approximate surface area is 88.5 Å². The molecule has 1 aromatic carbocycles. The van der Waals surface area contributed by atoms with Gasteiger partial charge in [-0.05, 0) is 12.1 Å². The number of nitrogens with one attached hydrogen (secondary N) is 1. The zero-order chi connectivity index (χ0) is 10.8. The van der Waals surface area contributed by atoms with Crippen LogP contribution in [-0.2, 0) is 0 Å². The highest BCUT2D eigenvalue weighted by Gasteiger charge is 2.12. The summed E-state index contributed by atoms with van der Waals surface area (Å²) in [5.74, 6) is 3.36. The average molecular weight is 227 g/mol. The number of hydrogen-bond donors (Lipinski definition) is 2. The number of hydrazine groups is 1. The van der Waals surface area contributed by atoms with Gasteiger partial charge in [-0.25, -0.2) is 19.6 Å². The second-order valence-electron chi connectivity index (χ2n) is 2.78. The predicted octanol–water partition coefficient (Wildman–Crippen LogP) is 2.37. The number of rotatable bonds is 2. The fraction of sp³-hybridized carbons (Fsp3) is 0. The molecule has 0 aliphatic rings. The monoisotopic (exact) mass is 227 g/mol. The molecule has 78 valence electrons. The maximum Gasteiger partial charge on any atom is 0.197 e. The highest BCUT2D eigenvalue weighted by atomic mass is 32.1. The largest absolute Gasteiger partial charge is 0.300 e. The van der Waals surface area contributed by atoms with Crippen molar-refractivity contribution in [3.8, 4) is 11.3 Å². The number of aromatic nitrogens is 1. The van der Waals surface area contributed by atoms with E-state index < -0.39 is 11.6 Å². The molecule has 0 saturated carbocycles. The topological polar surface area (TPSA) is 50.9 Å². The summed E-state index contributed by atoms with van der Waals surface area (Å²) in [6.45, 7) is 0. The van der Waals surface area contributed by atoms with E-state index in [0.29, 0.717) is 10.8 Å².